The lowest BCUT2D eigenvalue weighted by molar-refractivity contribution is 0.619. The third kappa shape index (κ3) is 7.56. The average molecular weight is 654 g/mol. The number of aryl methyl sites for hydroxylation is 3. The standard InChI is InChI=1S/C19H20N6.C18H16FN5/c1-12-17(11-20)22-13(2)18(12)16-9-10-21-19(24-16)23-14-5-7-15(8-6-14)25(3)4;1-10-4-5-13(8-14(10)19)23-18-21-7-6-15(24-18)17-11(2)16(9-20)22-12(17)3/h5-10,22H,1-4H3,(H,21,23,24);4-8,22H,1-3H3,(H,21,23,24). The topological polar surface area (TPSA) is 158 Å². The van der Waals surface area contributed by atoms with E-state index < -0.39 is 0 Å². The summed E-state index contributed by atoms with van der Waals surface area (Å²) in [6, 6.07) is 20.9. The zero-order valence-corrected chi connectivity index (χ0v) is 28.4. The van der Waals surface area contributed by atoms with E-state index in [1.807, 2.05) is 77.0 Å². The van der Waals surface area contributed by atoms with Gasteiger partial charge in [0, 0.05) is 66.1 Å². The van der Waals surface area contributed by atoms with E-state index in [4.69, 9.17) is 5.26 Å². The van der Waals surface area contributed by atoms with E-state index in [9.17, 15) is 9.65 Å². The molecule has 4 N–H and O–H groups in total. The van der Waals surface area contributed by atoms with Crippen LogP contribution in [0.5, 0.6) is 0 Å². The van der Waals surface area contributed by atoms with Crippen molar-refractivity contribution in [1.29, 1.82) is 10.5 Å². The highest BCUT2D eigenvalue weighted by molar-refractivity contribution is 5.72. The molecular formula is C37H36FN11. The molecule has 0 spiro atoms. The Balaban J connectivity index is 0.000000191. The molecule has 0 aliphatic heterocycles. The molecule has 49 heavy (non-hydrogen) atoms. The highest BCUT2D eigenvalue weighted by Crippen LogP contribution is 2.30. The van der Waals surface area contributed by atoms with Gasteiger partial charge in [-0.15, -0.1) is 0 Å². The van der Waals surface area contributed by atoms with Gasteiger partial charge in [-0.3, -0.25) is 0 Å². The third-order valence-electron chi connectivity index (χ3n) is 7.99. The fourth-order valence-electron chi connectivity index (χ4n) is 5.38. The fraction of sp³-hybridized carbons (Fsp3) is 0.189. The number of aromatic amines is 2. The van der Waals surface area contributed by atoms with Crippen LogP contribution in [0.15, 0.2) is 67.0 Å². The number of benzene rings is 2. The molecule has 11 nitrogen and oxygen atoms in total. The van der Waals surface area contributed by atoms with Crippen LogP contribution in [0, 0.1) is 63.1 Å². The van der Waals surface area contributed by atoms with Crippen LogP contribution in [0.1, 0.15) is 39.5 Å². The van der Waals surface area contributed by atoms with E-state index in [0.29, 0.717) is 40.2 Å². The predicted molar refractivity (Wildman–Crippen MR) is 190 cm³/mol. The average Bonchev–Trinajstić information content (AvgIpc) is 3.55. The number of rotatable bonds is 7. The van der Waals surface area contributed by atoms with E-state index >= 15 is 0 Å². The van der Waals surface area contributed by atoms with E-state index in [1.54, 1.807) is 37.5 Å². The zero-order chi connectivity index (χ0) is 35.2. The molecule has 4 heterocycles. The largest absolute Gasteiger partial charge is 0.378 e. The van der Waals surface area contributed by atoms with E-state index in [0.717, 1.165) is 50.7 Å². The maximum absolute atomic E-state index is 13.7. The molecule has 0 aliphatic carbocycles. The van der Waals surface area contributed by atoms with Crippen molar-refractivity contribution in [3.8, 4) is 34.7 Å². The van der Waals surface area contributed by atoms with Gasteiger partial charge >= 0.3 is 0 Å². The van der Waals surface area contributed by atoms with Gasteiger partial charge < -0.3 is 25.5 Å². The van der Waals surface area contributed by atoms with E-state index in [2.05, 4.69) is 52.7 Å². The highest BCUT2D eigenvalue weighted by atomic mass is 19.1. The Morgan fingerprint density at radius 3 is 1.57 bits per heavy atom. The van der Waals surface area contributed by atoms with Crippen LogP contribution < -0.4 is 15.5 Å². The first-order valence-electron chi connectivity index (χ1n) is 15.4. The number of hydrogen-bond donors (Lipinski definition) is 4. The maximum atomic E-state index is 13.7. The van der Waals surface area contributed by atoms with Gasteiger partial charge in [-0.05, 0) is 99.8 Å². The second-order valence-corrected chi connectivity index (χ2v) is 11.7. The summed E-state index contributed by atoms with van der Waals surface area (Å²) in [5.41, 5.74) is 11.2. The number of halogens is 1. The minimum Gasteiger partial charge on any atom is -0.378 e. The van der Waals surface area contributed by atoms with Crippen LogP contribution in [-0.2, 0) is 0 Å². The lowest BCUT2D eigenvalue weighted by Gasteiger charge is -2.13. The number of nitriles is 2. The lowest BCUT2D eigenvalue weighted by Crippen LogP contribution is -2.08. The van der Waals surface area contributed by atoms with Crippen LogP contribution in [0.4, 0.5) is 33.3 Å². The highest BCUT2D eigenvalue weighted by Gasteiger charge is 2.16. The smallest absolute Gasteiger partial charge is 0.227 e. The van der Waals surface area contributed by atoms with Gasteiger partial charge in [-0.25, -0.2) is 24.3 Å². The molecule has 2 aromatic carbocycles. The van der Waals surface area contributed by atoms with E-state index in [1.165, 1.54) is 6.07 Å². The fourth-order valence-corrected chi connectivity index (χ4v) is 5.38. The second kappa shape index (κ2) is 14.5. The summed E-state index contributed by atoms with van der Waals surface area (Å²) in [4.78, 5) is 25.8. The Morgan fingerprint density at radius 1 is 0.673 bits per heavy atom. The van der Waals surface area contributed by atoms with Gasteiger partial charge in [-0.2, -0.15) is 10.5 Å². The van der Waals surface area contributed by atoms with Crippen molar-refractivity contribution in [2.75, 3.05) is 29.6 Å². The van der Waals surface area contributed by atoms with Crippen molar-refractivity contribution in [2.45, 2.75) is 34.6 Å². The van der Waals surface area contributed by atoms with Crippen LogP contribution in [0.2, 0.25) is 0 Å². The van der Waals surface area contributed by atoms with E-state index in [-0.39, 0.29) is 5.82 Å². The number of nitrogens with zero attached hydrogens (tertiary/aromatic N) is 7. The molecule has 4 aromatic heterocycles. The molecule has 12 heteroatoms. The first-order valence-corrected chi connectivity index (χ1v) is 15.4. The summed E-state index contributed by atoms with van der Waals surface area (Å²) in [5, 5.41) is 24.6. The van der Waals surface area contributed by atoms with Crippen molar-refractivity contribution in [3.63, 3.8) is 0 Å². The first-order chi connectivity index (χ1) is 23.5. The number of hydrogen-bond acceptors (Lipinski definition) is 9. The molecule has 0 bridgehead atoms. The summed E-state index contributed by atoms with van der Waals surface area (Å²) < 4.78 is 13.7. The summed E-state index contributed by atoms with van der Waals surface area (Å²) in [6.45, 7) is 9.35. The Morgan fingerprint density at radius 2 is 1.14 bits per heavy atom. The monoisotopic (exact) mass is 653 g/mol. The van der Waals surface area contributed by atoms with Gasteiger partial charge in [-0.1, -0.05) is 6.07 Å². The second-order valence-electron chi connectivity index (χ2n) is 11.7. The van der Waals surface area contributed by atoms with Gasteiger partial charge in [0.05, 0.1) is 11.4 Å². The molecule has 0 amide bonds. The molecule has 0 saturated heterocycles. The minimum atomic E-state index is -0.285. The quantitative estimate of drug-likeness (QED) is 0.134. The van der Waals surface area contributed by atoms with Crippen LogP contribution in [0.25, 0.3) is 22.5 Å². The van der Waals surface area contributed by atoms with Crippen molar-refractivity contribution in [3.05, 3.63) is 112 Å². The lowest BCUT2D eigenvalue weighted by atomic mass is 10.1. The molecule has 0 aliphatic rings. The maximum Gasteiger partial charge on any atom is 0.227 e. The van der Waals surface area contributed by atoms with Crippen molar-refractivity contribution in [1.82, 2.24) is 29.9 Å². The summed E-state index contributed by atoms with van der Waals surface area (Å²) >= 11 is 0. The van der Waals surface area contributed by atoms with Crippen molar-refractivity contribution >= 4 is 29.0 Å². The molecule has 0 fully saturated rings. The Hall–Kier alpha value is -6.53. The molecule has 246 valence electrons. The molecule has 6 rings (SSSR count). The van der Waals surface area contributed by atoms with Crippen molar-refractivity contribution in [2.24, 2.45) is 0 Å². The van der Waals surface area contributed by atoms with Gasteiger partial charge in [0.25, 0.3) is 0 Å². The predicted octanol–water partition coefficient (Wildman–Crippen LogP) is 7.92. The molecule has 0 saturated carbocycles. The molecule has 0 unspecified atom stereocenters. The van der Waals surface area contributed by atoms with Gasteiger partial charge in [0.15, 0.2) is 0 Å². The third-order valence-corrected chi connectivity index (χ3v) is 7.99. The van der Waals surface area contributed by atoms with Gasteiger partial charge in [0.2, 0.25) is 11.9 Å². The minimum absolute atomic E-state index is 0.285. The number of anilines is 5. The SMILES string of the molecule is Cc1[nH]c(C#N)c(C)c1-c1ccnc(Nc2ccc(N(C)C)cc2)n1.Cc1ccc(Nc2nccc(-c3c(C)[nH]c(C#N)c3C)n2)cc1F. The van der Waals surface area contributed by atoms with Crippen LogP contribution in [-0.4, -0.2) is 44.0 Å². The Bertz CT molecular complexity index is 2200. The van der Waals surface area contributed by atoms with Crippen LogP contribution >= 0.6 is 0 Å². The van der Waals surface area contributed by atoms with Crippen LogP contribution in [0.3, 0.4) is 0 Å². The molecule has 6 aromatic rings. The normalized spacial score (nSPS) is 10.4. The first kappa shape index (κ1) is 33.8. The Kier molecular flexibility index (Phi) is 10.0. The van der Waals surface area contributed by atoms with Crippen molar-refractivity contribution < 1.29 is 4.39 Å². The molecule has 0 radical (unpaired) electrons. The zero-order valence-electron chi connectivity index (χ0n) is 28.4. The number of nitrogens with one attached hydrogen (secondary N) is 4. The summed E-state index contributed by atoms with van der Waals surface area (Å²) in [5.74, 6) is 0.606. The Labute approximate surface area is 284 Å². The van der Waals surface area contributed by atoms with Gasteiger partial charge in [0.1, 0.15) is 29.3 Å². The molecular weight excluding hydrogens is 617 g/mol. The number of aromatic nitrogens is 6. The number of H-pyrrole nitrogens is 2. The molecule has 0 atom stereocenters. The summed E-state index contributed by atoms with van der Waals surface area (Å²) in [7, 11) is 4.01. The summed E-state index contributed by atoms with van der Waals surface area (Å²) in [6.07, 6.45) is 3.35.